The number of hydrogen-bond donors (Lipinski definition) is 2. The van der Waals surface area contributed by atoms with Crippen molar-refractivity contribution < 1.29 is 19.4 Å². The summed E-state index contributed by atoms with van der Waals surface area (Å²) in [6.45, 7) is 1.77. The van der Waals surface area contributed by atoms with Gasteiger partial charge in [0.25, 0.3) is 0 Å². The van der Waals surface area contributed by atoms with Crippen LogP contribution in [0, 0.1) is 18.8 Å². The van der Waals surface area contributed by atoms with Gasteiger partial charge in [0, 0.05) is 0 Å². The summed E-state index contributed by atoms with van der Waals surface area (Å²) in [5.74, 6) is -2.98. The van der Waals surface area contributed by atoms with Crippen molar-refractivity contribution in [3.63, 3.8) is 0 Å². The van der Waals surface area contributed by atoms with Crippen molar-refractivity contribution in [3.05, 3.63) is 17.2 Å². The van der Waals surface area contributed by atoms with E-state index in [0.717, 1.165) is 5.01 Å². The number of rotatable bonds is 3. The van der Waals surface area contributed by atoms with E-state index in [1.54, 1.807) is 19.1 Å². The molecule has 2 N–H and O–H groups in total. The van der Waals surface area contributed by atoms with Crippen LogP contribution in [0.5, 0.6) is 0 Å². The third-order valence-electron chi connectivity index (χ3n) is 3.24. The zero-order chi connectivity index (χ0) is 13.6. The molecule has 1 aromatic heterocycles. The van der Waals surface area contributed by atoms with Crippen LogP contribution in [-0.2, 0) is 14.3 Å². The minimum Gasteiger partial charge on any atom is -0.481 e. The van der Waals surface area contributed by atoms with Crippen LogP contribution in [0.2, 0.25) is 0 Å². The molecule has 0 radical (unpaired) electrons. The molecule has 1 saturated heterocycles. The number of carboxylic acid groups (broad SMARTS) is 1. The lowest BCUT2D eigenvalue weighted by molar-refractivity contribution is -0.145. The van der Waals surface area contributed by atoms with Crippen LogP contribution in [-0.4, -0.2) is 39.4 Å². The second-order valence-electron chi connectivity index (χ2n) is 4.46. The number of aryl methyl sites for hydroxylation is 1. The molecule has 2 aliphatic heterocycles. The molecule has 100 valence electrons. The van der Waals surface area contributed by atoms with Crippen molar-refractivity contribution in [1.82, 2.24) is 10.2 Å². The molecule has 0 spiro atoms. The van der Waals surface area contributed by atoms with Gasteiger partial charge in [0.05, 0.1) is 18.1 Å². The zero-order valence-corrected chi connectivity index (χ0v) is 10.8. The summed E-state index contributed by atoms with van der Waals surface area (Å²) < 4.78 is 5.44. The Balaban J connectivity index is 1.79. The molecule has 1 aromatic rings. The number of carboxylic acids is 1. The minimum atomic E-state index is -1.02. The molecule has 19 heavy (non-hydrogen) atoms. The molecular weight excluding hydrogens is 270 g/mol. The van der Waals surface area contributed by atoms with Crippen LogP contribution in [0.3, 0.4) is 0 Å². The summed E-state index contributed by atoms with van der Waals surface area (Å²) in [7, 11) is 0. The van der Waals surface area contributed by atoms with E-state index in [0.29, 0.717) is 5.13 Å². The number of nitrogens with one attached hydrogen (secondary N) is 1. The Labute approximate surface area is 112 Å². The number of ether oxygens (including phenoxy) is 1. The van der Waals surface area contributed by atoms with Crippen LogP contribution in [0.15, 0.2) is 12.2 Å². The van der Waals surface area contributed by atoms with E-state index in [-0.39, 0.29) is 5.91 Å². The van der Waals surface area contributed by atoms with Gasteiger partial charge in [0.1, 0.15) is 10.9 Å². The zero-order valence-electron chi connectivity index (χ0n) is 9.94. The quantitative estimate of drug-likeness (QED) is 0.779. The first-order valence-electron chi connectivity index (χ1n) is 5.74. The summed E-state index contributed by atoms with van der Waals surface area (Å²) in [6, 6.07) is 0. The van der Waals surface area contributed by atoms with Crippen molar-refractivity contribution in [2.24, 2.45) is 11.8 Å². The van der Waals surface area contributed by atoms with Crippen LogP contribution in [0.4, 0.5) is 5.13 Å². The Morgan fingerprint density at radius 2 is 2.00 bits per heavy atom. The van der Waals surface area contributed by atoms with E-state index in [9.17, 15) is 14.7 Å². The molecule has 2 bridgehead atoms. The van der Waals surface area contributed by atoms with Gasteiger partial charge in [-0.05, 0) is 6.92 Å². The number of carbonyl (C=O) groups excluding carboxylic acids is 1. The predicted octanol–water partition coefficient (Wildman–Crippen LogP) is 0.439. The van der Waals surface area contributed by atoms with Crippen molar-refractivity contribution in [2.75, 3.05) is 5.32 Å². The first-order valence-corrected chi connectivity index (χ1v) is 6.55. The lowest BCUT2D eigenvalue weighted by Crippen LogP contribution is -2.39. The van der Waals surface area contributed by atoms with Crippen LogP contribution in [0.25, 0.3) is 0 Å². The van der Waals surface area contributed by atoms with Crippen LogP contribution >= 0.6 is 11.3 Å². The molecule has 7 nitrogen and oxygen atoms in total. The van der Waals surface area contributed by atoms with Gasteiger partial charge in [-0.25, -0.2) is 0 Å². The normalized spacial score (nSPS) is 31.6. The Kier molecular flexibility index (Phi) is 2.83. The van der Waals surface area contributed by atoms with E-state index in [1.165, 1.54) is 11.3 Å². The van der Waals surface area contributed by atoms with E-state index in [1.807, 2.05) is 0 Å². The summed E-state index contributed by atoms with van der Waals surface area (Å²) in [4.78, 5) is 23.4. The molecule has 3 heterocycles. The van der Waals surface area contributed by atoms with E-state index in [2.05, 4.69) is 15.5 Å². The fraction of sp³-hybridized carbons (Fsp3) is 0.455. The fourth-order valence-corrected chi connectivity index (χ4v) is 3.05. The molecule has 4 atom stereocenters. The fourth-order valence-electron chi connectivity index (χ4n) is 2.45. The molecule has 0 saturated carbocycles. The second kappa shape index (κ2) is 4.39. The first kappa shape index (κ1) is 12.2. The van der Waals surface area contributed by atoms with Crippen LogP contribution < -0.4 is 5.32 Å². The highest BCUT2D eigenvalue weighted by atomic mass is 32.1. The average Bonchev–Trinajstić information content (AvgIpc) is 3.03. The monoisotopic (exact) mass is 281 g/mol. The summed E-state index contributed by atoms with van der Waals surface area (Å²) in [6.07, 6.45) is 2.44. The molecule has 8 heteroatoms. The third-order valence-corrected chi connectivity index (χ3v) is 4.00. The lowest BCUT2D eigenvalue weighted by Gasteiger charge is -2.20. The molecule has 1 amide bonds. The number of aromatic nitrogens is 2. The SMILES string of the molecule is Cc1nnc(NC(=O)[C@H]2[C@H](C(=O)O)[C@H]3C=C[C@H]2O3)s1. The topological polar surface area (TPSA) is 101 Å². The smallest absolute Gasteiger partial charge is 0.310 e. The van der Waals surface area contributed by atoms with E-state index >= 15 is 0 Å². The van der Waals surface area contributed by atoms with E-state index < -0.39 is 30.0 Å². The molecule has 0 aliphatic carbocycles. The Morgan fingerprint density at radius 1 is 1.32 bits per heavy atom. The molecule has 0 unspecified atom stereocenters. The largest absolute Gasteiger partial charge is 0.481 e. The first-order chi connectivity index (χ1) is 9.06. The van der Waals surface area contributed by atoms with Gasteiger partial charge in [0.2, 0.25) is 11.0 Å². The van der Waals surface area contributed by atoms with Crippen molar-refractivity contribution >= 4 is 28.3 Å². The maximum absolute atomic E-state index is 12.2. The van der Waals surface area contributed by atoms with Crippen molar-refractivity contribution in [3.8, 4) is 0 Å². The molecule has 3 rings (SSSR count). The minimum absolute atomic E-state index is 0.374. The van der Waals surface area contributed by atoms with Gasteiger partial charge in [-0.3, -0.25) is 9.59 Å². The second-order valence-corrected chi connectivity index (χ2v) is 5.64. The van der Waals surface area contributed by atoms with Gasteiger partial charge in [0.15, 0.2) is 0 Å². The maximum Gasteiger partial charge on any atom is 0.310 e. The highest BCUT2D eigenvalue weighted by Crippen LogP contribution is 2.39. The number of anilines is 1. The standard InChI is InChI=1S/C11H11N3O4S/c1-4-13-14-11(19-4)12-9(15)7-5-2-3-6(18-5)8(7)10(16)17/h2-3,5-8H,1H3,(H,16,17)(H,12,14,15)/t5-,6-,7-,8-/m1/s1. The third kappa shape index (κ3) is 2.02. The molecule has 0 aromatic carbocycles. The van der Waals surface area contributed by atoms with Crippen LogP contribution in [0.1, 0.15) is 5.01 Å². The number of carbonyl (C=O) groups is 2. The number of hydrogen-bond acceptors (Lipinski definition) is 6. The summed E-state index contributed by atoms with van der Waals surface area (Å²) in [5, 5.41) is 20.5. The Bertz CT molecular complexity index is 570. The summed E-state index contributed by atoms with van der Waals surface area (Å²) >= 11 is 1.24. The van der Waals surface area contributed by atoms with Crippen molar-refractivity contribution in [1.29, 1.82) is 0 Å². The molecule has 1 fully saturated rings. The van der Waals surface area contributed by atoms with Crippen molar-refractivity contribution in [2.45, 2.75) is 19.1 Å². The maximum atomic E-state index is 12.2. The van der Waals surface area contributed by atoms with Gasteiger partial charge >= 0.3 is 5.97 Å². The predicted molar refractivity (Wildman–Crippen MR) is 65.7 cm³/mol. The number of aliphatic carboxylic acids is 1. The average molecular weight is 281 g/mol. The number of amides is 1. The highest BCUT2D eigenvalue weighted by Gasteiger charge is 2.53. The Morgan fingerprint density at radius 3 is 2.58 bits per heavy atom. The summed E-state index contributed by atoms with van der Waals surface area (Å²) in [5.41, 5.74) is 0. The van der Waals surface area contributed by atoms with Gasteiger partial charge < -0.3 is 15.2 Å². The van der Waals surface area contributed by atoms with E-state index in [4.69, 9.17) is 4.74 Å². The number of fused-ring (bicyclic) bond motifs is 2. The van der Waals surface area contributed by atoms with Gasteiger partial charge in [-0.2, -0.15) is 0 Å². The lowest BCUT2D eigenvalue weighted by atomic mass is 9.82. The number of nitrogens with zero attached hydrogens (tertiary/aromatic N) is 2. The molecular formula is C11H11N3O4S. The Hall–Kier alpha value is -1.80. The molecule has 2 aliphatic rings. The van der Waals surface area contributed by atoms with Gasteiger partial charge in [-0.15, -0.1) is 10.2 Å². The highest BCUT2D eigenvalue weighted by molar-refractivity contribution is 7.15. The van der Waals surface area contributed by atoms with Gasteiger partial charge in [-0.1, -0.05) is 23.5 Å².